The van der Waals surface area contributed by atoms with Crippen molar-refractivity contribution in [1.82, 2.24) is 0 Å². The van der Waals surface area contributed by atoms with Crippen LogP contribution in [0.5, 0.6) is 0 Å². The van der Waals surface area contributed by atoms with Crippen molar-refractivity contribution < 1.29 is 19.7 Å². The van der Waals surface area contributed by atoms with E-state index < -0.39 is 18.0 Å². The highest BCUT2D eigenvalue weighted by Crippen LogP contribution is 2.11. The molecule has 4 nitrogen and oxygen atoms in total. The Morgan fingerprint density at radius 1 is 1.40 bits per heavy atom. The summed E-state index contributed by atoms with van der Waals surface area (Å²) in [5, 5.41) is 18.3. The molecule has 0 fully saturated rings. The number of aliphatic hydroxyl groups is 1. The second-order valence-electron chi connectivity index (χ2n) is 3.76. The molecule has 0 aromatic heterocycles. The summed E-state index contributed by atoms with van der Waals surface area (Å²) in [5.41, 5.74) is 0. The van der Waals surface area contributed by atoms with Crippen molar-refractivity contribution in [3.63, 3.8) is 0 Å². The van der Waals surface area contributed by atoms with E-state index in [9.17, 15) is 9.90 Å². The summed E-state index contributed by atoms with van der Waals surface area (Å²) in [6, 6.07) is 0. The van der Waals surface area contributed by atoms with Gasteiger partial charge in [-0.25, -0.2) is 0 Å². The van der Waals surface area contributed by atoms with Crippen LogP contribution in [-0.4, -0.2) is 35.5 Å². The molecule has 15 heavy (non-hydrogen) atoms. The number of carbonyl (C=O) groups is 1. The Balaban J connectivity index is 3.62. The fraction of sp³-hybridized carbons (Fsp3) is 0.909. The number of unbranched alkanes of at least 4 members (excludes halogenated alkanes) is 1. The van der Waals surface area contributed by atoms with Crippen molar-refractivity contribution in [3.8, 4) is 0 Å². The summed E-state index contributed by atoms with van der Waals surface area (Å²) in [4.78, 5) is 10.7. The molecule has 0 aliphatic heterocycles. The van der Waals surface area contributed by atoms with E-state index in [2.05, 4.69) is 6.92 Å². The lowest BCUT2D eigenvalue weighted by molar-refractivity contribution is -0.143. The number of carboxylic acids is 1. The highest BCUT2D eigenvalue weighted by atomic mass is 16.5. The van der Waals surface area contributed by atoms with Crippen LogP contribution in [0.3, 0.4) is 0 Å². The third-order valence-electron chi connectivity index (χ3n) is 2.35. The highest BCUT2D eigenvalue weighted by molar-refractivity contribution is 5.69. The second-order valence-corrected chi connectivity index (χ2v) is 3.76. The summed E-state index contributed by atoms with van der Waals surface area (Å²) in [7, 11) is 0. The Kier molecular flexibility index (Phi) is 8.33. The van der Waals surface area contributed by atoms with E-state index in [0.717, 1.165) is 12.8 Å². The van der Waals surface area contributed by atoms with Gasteiger partial charge in [0.2, 0.25) is 0 Å². The standard InChI is InChI=1S/C11H22O4/c1-3-5-6-15-8-10(12)7-9(4-2)11(13)14/h9-10,12H,3-8H2,1-2H3,(H,13,14). The average molecular weight is 218 g/mol. The molecule has 0 aromatic rings. The monoisotopic (exact) mass is 218 g/mol. The van der Waals surface area contributed by atoms with Gasteiger partial charge in [0.1, 0.15) is 0 Å². The van der Waals surface area contributed by atoms with Crippen LogP contribution in [0.15, 0.2) is 0 Å². The van der Waals surface area contributed by atoms with Gasteiger partial charge in [0.05, 0.1) is 18.6 Å². The van der Waals surface area contributed by atoms with Crippen molar-refractivity contribution in [3.05, 3.63) is 0 Å². The zero-order valence-corrected chi connectivity index (χ0v) is 9.61. The molecule has 0 amide bonds. The average Bonchev–Trinajstić information content (AvgIpc) is 2.20. The van der Waals surface area contributed by atoms with E-state index in [-0.39, 0.29) is 13.0 Å². The molecule has 0 aliphatic rings. The fourth-order valence-electron chi connectivity index (χ4n) is 1.30. The molecule has 0 spiro atoms. The first-order chi connectivity index (χ1) is 7.11. The number of hydrogen-bond acceptors (Lipinski definition) is 3. The minimum Gasteiger partial charge on any atom is -0.481 e. The molecule has 0 radical (unpaired) electrons. The smallest absolute Gasteiger partial charge is 0.306 e. The molecular weight excluding hydrogens is 196 g/mol. The Bertz CT molecular complexity index is 170. The Labute approximate surface area is 91.3 Å². The first kappa shape index (κ1) is 14.4. The Morgan fingerprint density at radius 2 is 2.07 bits per heavy atom. The minimum atomic E-state index is -0.842. The summed E-state index contributed by atoms with van der Waals surface area (Å²) >= 11 is 0. The largest absolute Gasteiger partial charge is 0.481 e. The highest BCUT2D eigenvalue weighted by Gasteiger charge is 2.19. The number of hydrogen-bond donors (Lipinski definition) is 2. The van der Waals surface area contributed by atoms with Crippen molar-refractivity contribution in [2.45, 2.75) is 45.6 Å². The maximum absolute atomic E-state index is 10.7. The second kappa shape index (κ2) is 8.68. The number of carboxylic acid groups (broad SMARTS) is 1. The van der Waals surface area contributed by atoms with E-state index in [1.807, 2.05) is 6.92 Å². The molecule has 2 unspecified atom stereocenters. The molecule has 0 aromatic carbocycles. The Hall–Kier alpha value is -0.610. The summed E-state index contributed by atoms with van der Waals surface area (Å²) in [6.07, 6.45) is 2.19. The topological polar surface area (TPSA) is 66.8 Å². The fourth-order valence-corrected chi connectivity index (χ4v) is 1.30. The summed E-state index contributed by atoms with van der Waals surface area (Å²) in [5.74, 6) is -1.31. The number of rotatable bonds is 9. The van der Waals surface area contributed by atoms with Crippen LogP contribution in [0.4, 0.5) is 0 Å². The maximum Gasteiger partial charge on any atom is 0.306 e. The van der Waals surface area contributed by atoms with Crippen molar-refractivity contribution in [2.24, 2.45) is 5.92 Å². The van der Waals surface area contributed by atoms with Gasteiger partial charge < -0.3 is 14.9 Å². The van der Waals surface area contributed by atoms with Gasteiger partial charge in [-0.2, -0.15) is 0 Å². The zero-order chi connectivity index (χ0) is 11.7. The van der Waals surface area contributed by atoms with E-state index in [4.69, 9.17) is 9.84 Å². The first-order valence-corrected chi connectivity index (χ1v) is 5.60. The van der Waals surface area contributed by atoms with Crippen LogP contribution < -0.4 is 0 Å². The summed E-state index contributed by atoms with van der Waals surface area (Å²) < 4.78 is 5.22. The SMILES string of the molecule is CCCCOCC(O)CC(CC)C(=O)O. The molecule has 2 N–H and O–H groups in total. The lowest BCUT2D eigenvalue weighted by atomic mass is 9.99. The molecule has 0 heterocycles. The van der Waals surface area contributed by atoms with Crippen LogP contribution in [-0.2, 0) is 9.53 Å². The van der Waals surface area contributed by atoms with Gasteiger partial charge in [-0.3, -0.25) is 4.79 Å². The van der Waals surface area contributed by atoms with Gasteiger partial charge in [-0.05, 0) is 19.3 Å². The quantitative estimate of drug-likeness (QED) is 0.578. The van der Waals surface area contributed by atoms with Gasteiger partial charge >= 0.3 is 5.97 Å². The van der Waals surface area contributed by atoms with Gasteiger partial charge in [-0.15, -0.1) is 0 Å². The lowest BCUT2D eigenvalue weighted by Crippen LogP contribution is -2.24. The maximum atomic E-state index is 10.7. The normalized spacial score (nSPS) is 14.9. The van der Waals surface area contributed by atoms with Gasteiger partial charge in [0.25, 0.3) is 0 Å². The van der Waals surface area contributed by atoms with Gasteiger partial charge in [-0.1, -0.05) is 20.3 Å². The van der Waals surface area contributed by atoms with E-state index >= 15 is 0 Å². The zero-order valence-electron chi connectivity index (χ0n) is 9.61. The summed E-state index contributed by atoms with van der Waals surface area (Å²) in [6.45, 7) is 4.75. The molecule has 0 saturated carbocycles. The van der Waals surface area contributed by atoms with Crippen molar-refractivity contribution in [1.29, 1.82) is 0 Å². The van der Waals surface area contributed by atoms with Gasteiger partial charge in [0, 0.05) is 6.61 Å². The third kappa shape index (κ3) is 7.33. The van der Waals surface area contributed by atoms with E-state index in [0.29, 0.717) is 13.0 Å². The van der Waals surface area contributed by atoms with E-state index in [1.54, 1.807) is 0 Å². The predicted molar refractivity (Wildman–Crippen MR) is 57.8 cm³/mol. The predicted octanol–water partition coefficient (Wildman–Crippen LogP) is 1.66. The van der Waals surface area contributed by atoms with Crippen LogP contribution in [0.2, 0.25) is 0 Å². The van der Waals surface area contributed by atoms with E-state index in [1.165, 1.54) is 0 Å². The van der Waals surface area contributed by atoms with Crippen molar-refractivity contribution in [2.75, 3.05) is 13.2 Å². The molecule has 2 atom stereocenters. The molecule has 90 valence electrons. The molecule has 4 heteroatoms. The third-order valence-corrected chi connectivity index (χ3v) is 2.35. The number of aliphatic carboxylic acids is 1. The van der Waals surface area contributed by atoms with Crippen LogP contribution in [0.25, 0.3) is 0 Å². The first-order valence-electron chi connectivity index (χ1n) is 5.60. The van der Waals surface area contributed by atoms with Gasteiger partial charge in [0.15, 0.2) is 0 Å². The molecule has 0 aliphatic carbocycles. The molecule has 0 rings (SSSR count). The lowest BCUT2D eigenvalue weighted by Gasteiger charge is -2.15. The molecule has 0 bridgehead atoms. The number of aliphatic hydroxyl groups excluding tert-OH is 1. The molecular formula is C11H22O4. The van der Waals surface area contributed by atoms with Crippen LogP contribution in [0.1, 0.15) is 39.5 Å². The molecule has 0 saturated heterocycles. The minimum absolute atomic E-state index is 0.240. The van der Waals surface area contributed by atoms with Crippen LogP contribution >= 0.6 is 0 Å². The van der Waals surface area contributed by atoms with Crippen molar-refractivity contribution >= 4 is 5.97 Å². The Morgan fingerprint density at radius 3 is 2.53 bits per heavy atom. The van der Waals surface area contributed by atoms with Crippen LogP contribution in [0, 0.1) is 5.92 Å². The number of ether oxygens (including phenoxy) is 1.